The maximum atomic E-state index is 12.1. The summed E-state index contributed by atoms with van der Waals surface area (Å²) in [4.78, 5) is 14.8. The topological polar surface area (TPSA) is 98.1 Å². The Hall–Kier alpha value is -2.78. The third kappa shape index (κ3) is 3.41. The van der Waals surface area contributed by atoms with Gasteiger partial charge in [-0.1, -0.05) is 12.1 Å². The molecule has 0 radical (unpaired) electrons. The number of aliphatic hydroxyl groups is 1. The van der Waals surface area contributed by atoms with Crippen LogP contribution in [0.15, 0.2) is 36.5 Å². The standard InChI is InChI=1S/C15H15N3O3/c1-21-12-4-2-3-11(6-12)14(9-19)18-15(20)13-5-10(7-16)8-17-13/h2-6,8,14,17,19H,9H2,1H3,(H,18,20). The fraction of sp³-hybridized carbons (Fsp3) is 0.200. The van der Waals surface area contributed by atoms with E-state index in [0.717, 1.165) is 5.56 Å². The zero-order valence-corrected chi connectivity index (χ0v) is 11.5. The summed E-state index contributed by atoms with van der Waals surface area (Å²) < 4.78 is 5.12. The van der Waals surface area contributed by atoms with E-state index in [1.165, 1.54) is 12.3 Å². The number of amides is 1. The van der Waals surface area contributed by atoms with Crippen LogP contribution in [0, 0.1) is 11.3 Å². The fourth-order valence-electron chi connectivity index (χ4n) is 1.92. The number of ether oxygens (including phenoxy) is 1. The predicted octanol–water partition coefficient (Wildman–Crippen LogP) is 1.36. The SMILES string of the molecule is COc1cccc(C(CO)NC(=O)c2cc(C#N)c[nH]2)c1. The number of methoxy groups -OCH3 is 1. The van der Waals surface area contributed by atoms with Crippen LogP contribution in [0.25, 0.3) is 0 Å². The molecule has 1 atom stereocenters. The molecule has 1 aromatic carbocycles. The van der Waals surface area contributed by atoms with Crippen molar-refractivity contribution < 1.29 is 14.6 Å². The predicted molar refractivity (Wildman–Crippen MR) is 75.8 cm³/mol. The smallest absolute Gasteiger partial charge is 0.268 e. The molecule has 2 aromatic rings. The van der Waals surface area contributed by atoms with Crippen LogP contribution in [0.3, 0.4) is 0 Å². The number of benzene rings is 1. The molecule has 21 heavy (non-hydrogen) atoms. The van der Waals surface area contributed by atoms with Crippen LogP contribution in [0.1, 0.15) is 27.7 Å². The van der Waals surface area contributed by atoms with Gasteiger partial charge in [-0.25, -0.2) is 0 Å². The highest BCUT2D eigenvalue weighted by molar-refractivity contribution is 5.93. The summed E-state index contributed by atoms with van der Waals surface area (Å²) >= 11 is 0. The minimum absolute atomic E-state index is 0.245. The van der Waals surface area contributed by atoms with Crippen LogP contribution in [0.5, 0.6) is 5.75 Å². The van der Waals surface area contributed by atoms with Gasteiger partial charge in [0.2, 0.25) is 0 Å². The quantitative estimate of drug-likeness (QED) is 0.772. The molecule has 0 aliphatic rings. The molecular weight excluding hydrogens is 270 g/mol. The molecule has 0 aliphatic carbocycles. The Morgan fingerprint density at radius 1 is 1.52 bits per heavy atom. The Kier molecular flexibility index (Phi) is 4.59. The van der Waals surface area contributed by atoms with Gasteiger partial charge in [0, 0.05) is 6.20 Å². The van der Waals surface area contributed by atoms with Crippen LogP contribution in [-0.4, -0.2) is 29.7 Å². The molecule has 2 rings (SSSR count). The second-order valence-electron chi connectivity index (χ2n) is 4.40. The van der Waals surface area contributed by atoms with E-state index in [2.05, 4.69) is 10.3 Å². The summed E-state index contributed by atoms with van der Waals surface area (Å²) in [5.74, 6) is 0.255. The molecule has 1 amide bonds. The first-order chi connectivity index (χ1) is 10.2. The van der Waals surface area contributed by atoms with Crippen molar-refractivity contribution >= 4 is 5.91 Å². The normalized spacial score (nSPS) is 11.5. The average Bonchev–Trinajstić information content (AvgIpc) is 3.01. The monoisotopic (exact) mass is 285 g/mol. The maximum absolute atomic E-state index is 12.1. The second-order valence-corrected chi connectivity index (χ2v) is 4.40. The highest BCUT2D eigenvalue weighted by Gasteiger charge is 2.16. The van der Waals surface area contributed by atoms with Crippen molar-refractivity contribution in [2.24, 2.45) is 0 Å². The third-order valence-corrected chi connectivity index (χ3v) is 3.04. The van der Waals surface area contributed by atoms with Gasteiger partial charge in [-0.05, 0) is 23.8 Å². The largest absolute Gasteiger partial charge is 0.497 e. The van der Waals surface area contributed by atoms with E-state index in [1.54, 1.807) is 31.4 Å². The third-order valence-electron chi connectivity index (χ3n) is 3.04. The maximum Gasteiger partial charge on any atom is 0.268 e. The first kappa shape index (κ1) is 14.6. The van der Waals surface area contributed by atoms with E-state index < -0.39 is 11.9 Å². The number of rotatable bonds is 5. The van der Waals surface area contributed by atoms with Crippen LogP contribution < -0.4 is 10.1 Å². The van der Waals surface area contributed by atoms with Crippen molar-refractivity contribution in [1.82, 2.24) is 10.3 Å². The Morgan fingerprint density at radius 3 is 2.95 bits per heavy atom. The van der Waals surface area contributed by atoms with Crippen molar-refractivity contribution in [1.29, 1.82) is 5.26 Å². The molecule has 3 N–H and O–H groups in total. The number of aromatic nitrogens is 1. The van der Waals surface area contributed by atoms with Gasteiger partial charge in [0.05, 0.1) is 25.3 Å². The highest BCUT2D eigenvalue weighted by Crippen LogP contribution is 2.19. The molecule has 1 heterocycles. The van der Waals surface area contributed by atoms with E-state index in [-0.39, 0.29) is 12.3 Å². The van der Waals surface area contributed by atoms with Crippen molar-refractivity contribution in [3.63, 3.8) is 0 Å². The number of hydrogen-bond acceptors (Lipinski definition) is 4. The molecule has 0 fully saturated rings. The molecule has 1 unspecified atom stereocenters. The van der Waals surface area contributed by atoms with Gasteiger partial charge < -0.3 is 20.1 Å². The molecule has 0 saturated heterocycles. The minimum atomic E-state index is -0.554. The number of H-pyrrole nitrogens is 1. The fourth-order valence-corrected chi connectivity index (χ4v) is 1.92. The first-order valence-electron chi connectivity index (χ1n) is 6.32. The summed E-state index contributed by atoms with van der Waals surface area (Å²) in [6.07, 6.45) is 1.45. The van der Waals surface area contributed by atoms with Gasteiger partial charge in [0.15, 0.2) is 0 Å². The lowest BCUT2D eigenvalue weighted by Crippen LogP contribution is -2.31. The van der Waals surface area contributed by atoms with E-state index >= 15 is 0 Å². The van der Waals surface area contributed by atoms with Gasteiger partial charge in [-0.15, -0.1) is 0 Å². The lowest BCUT2D eigenvalue weighted by atomic mass is 10.1. The zero-order valence-electron chi connectivity index (χ0n) is 11.5. The number of carbonyl (C=O) groups is 1. The number of hydrogen-bond donors (Lipinski definition) is 3. The van der Waals surface area contributed by atoms with Crippen LogP contribution in [0.4, 0.5) is 0 Å². The molecule has 0 spiro atoms. The zero-order chi connectivity index (χ0) is 15.2. The Morgan fingerprint density at radius 2 is 2.33 bits per heavy atom. The molecule has 0 bridgehead atoms. The van der Waals surface area contributed by atoms with E-state index in [4.69, 9.17) is 10.00 Å². The van der Waals surface area contributed by atoms with Crippen molar-refractivity contribution in [2.75, 3.05) is 13.7 Å². The number of nitrogens with zero attached hydrogens (tertiary/aromatic N) is 1. The Labute approximate surface area is 122 Å². The average molecular weight is 285 g/mol. The van der Waals surface area contributed by atoms with Crippen LogP contribution in [0.2, 0.25) is 0 Å². The lowest BCUT2D eigenvalue weighted by Gasteiger charge is -2.17. The van der Waals surface area contributed by atoms with E-state index in [0.29, 0.717) is 11.3 Å². The van der Waals surface area contributed by atoms with Crippen LogP contribution >= 0.6 is 0 Å². The van der Waals surface area contributed by atoms with E-state index in [1.807, 2.05) is 6.07 Å². The number of carbonyl (C=O) groups excluding carboxylic acids is 1. The number of aliphatic hydroxyl groups excluding tert-OH is 1. The number of nitrogens with one attached hydrogen (secondary N) is 2. The first-order valence-corrected chi connectivity index (χ1v) is 6.32. The minimum Gasteiger partial charge on any atom is -0.497 e. The van der Waals surface area contributed by atoms with E-state index in [9.17, 15) is 9.90 Å². The number of nitriles is 1. The lowest BCUT2D eigenvalue weighted by molar-refractivity contribution is 0.0911. The molecular formula is C15H15N3O3. The summed E-state index contributed by atoms with van der Waals surface area (Å²) in [7, 11) is 1.55. The molecule has 108 valence electrons. The number of aromatic amines is 1. The highest BCUT2D eigenvalue weighted by atomic mass is 16.5. The molecule has 0 saturated carbocycles. The van der Waals surface area contributed by atoms with Gasteiger partial charge >= 0.3 is 0 Å². The molecule has 0 aliphatic heterocycles. The van der Waals surface area contributed by atoms with Gasteiger partial charge in [0.1, 0.15) is 17.5 Å². The van der Waals surface area contributed by atoms with Crippen molar-refractivity contribution in [3.05, 3.63) is 53.3 Å². The van der Waals surface area contributed by atoms with Gasteiger partial charge in [-0.2, -0.15) is 5.26 Å². The molecule has 6 heteroatoms. The second kappa shape index (κ2) is 6.59. The van der Waals surface area contributed by atoms with Crippen molar-refractivity contribution in [2.45, 2.75) is 6.04 Å². The summed E-state index contributed by atoms with van der Waals surface area (Å²) in [5, 5.41) is 20.9. The van der Waals surface area contributed by atoms with Gasteiger partial charge in [-0.3, -0.25) is 4.79 Å². The van der Waals surface area contributed by atoms with Crippen LogP contribution in [-0.2, 0) is 0 Å². The van der Waals surface area contributed by atoms with Gasteiger partial charge in [0.25, 0.3) is 5.91 Å². The Bertz CT molecular complexity index is 673. The molecule has 6 nitrogen and oxygen atoms in total. The summed E-state index contributed by atoms with van der Waals surface area (Å²) in [6, 6.07) is 9.94. The Balaban J connectivity index is 2.14. The summed E-state index contributed by atoms with van der Waals surface area (Å²) in [6.45, 7) is -0.245. The van der Waals surface area contributed by atoms with Crippen molar-refractivity contribution in [3.8, 4) is 11.8 Å². The summed E-state index contributed by atoms with van der Waals surface area (Å²) in [5.41, 5.74) is 1.38. The molecule has 1 aromatic heterocycles.